The number of aldehydes is 1. The average Bonchev–Trinajstić information content (AvgIpc) is 2.58. The van der Waals surface area contributed by atoms with Gasteiger partial charge in [-0.3, -0.25) is 4.79 Å². The van der Waals surface area contributed by atoms with Crippen LogP contribution in [-0.2, 0) is 0 Å². The molecule has 0 radical (unpaired) electrons. The number of ether oxygens (including phenoxy) is 3. The molecule has 23 heavy (non-hydrogen) atoms. The van der Waals surface area contributed by atoms with Gasteiger partial charge in [0.25, 0.3) is 0 Å². The number of para-hydroxylation sites is 1. The molecule has 0 spiro atoms. The summed E-state index contributed by atoms with van der Waals surface area (Å²) in [7, 11) is 1.55. The Bertz CT molecular complexity index is 650. The molecular formula is C19H22O4. The van der Waals surface area contributed by atoms with Gasteiger partial charge in [0.2, 0.25) is 0 Å². The Balaban J connectivity index is 1.92. The lowest BCUT2D eigenvalue weighted by Gasteiger charge is -2.15. The van der Waals surface area contributed by atoms with Gasteiger partial charge in [-0.05, 0) is 35.7 Å². The van der Waals surface area contributed by atoms with E-state index in [1.54, 1.807) is 25.3 Å². The molecule has 4 heteroatoms. The van der Waals surface area contributed by atoms with Crippen molar-refractivity contribution in [3.8, 4) is 17.2 Å². The lowest BCUT2D eigenvalue weighted by molar-refractivity contribution is 0.112. The van der Waals surface area contributed by atoms with E-state index in [9.17, 15) is 4.79 Å². The van der Waals surface area contributed by atoms with Gasteiger partial charge < -0.3 is 14.2 Å². The monoisotopic (exact) mass is 314 g/mol. The van der Waals surface area contributed by atoms with Crippen LogP contribution in [0.5, 0.6) is 17.2 Å². The van der Waals surface area contributed by atoms with E-state index in [0.29, 0.717) is 36.2 Å². The number of carbonyl (C=O) groups is 1. The smallest absolute Gasteiger partial charge is 0.161 e. The molecule has 4 nitrogen and oxygen atoms in total. The number of rotatable bonds is 8. The fourth-order valence-corrected chi connectivity index (χ4v) is 2.27. The number of benzene rings is 2. The van der Waals surface area contributed by atoms with Crippen LogP contribution < -0.4 is 14.2 Å². The minimum absolute atomic E-state index is 0.392. The number of methoxy groups -OCH3 is 1. The second-order valence-corrected chi connectivity index (χ2v) is 5.42. The SMILES string of the molecule is COc1cc(C=O)ccc1OCCOc1ccccc1C(C)C. The molecule has 0 fully saturated rings. The van der Waals surface area contributed by atoms with Crippen LogP contribution in [0.3, 0.4) is 0 Å². The first kappa shape index (κ1) is 16.9. The van der Waals surface area contributed by atoms with Crippen molar-refractivity contribution in [3.05, 3.63) is 53.6 Å². The molecule has 2 aromatic carbocycles. The van der Waals surface area contributed by atoms with Gasteiger partial charge in [-0.2, -0.15) is 0 Å². The Hall–Kier alpha value is -2.49. The van der Waals surface area contributed by atoms with E-state index in [4.69, 9.17) is 14.2 Å². The fourth-order valence-electron chi connectivity index (χ4n) is 2.27. The molecule has 0 saturated heterocycles. The van der Waals surface area contributed by atoms with Crippen molar-refractivity contribution in [1.29, 1.82) is 0 Å². The standard InChI is InChI=1S/C19H22O4/c1-14(2)16-6-4-5-7-17(16)22-10-11-23-18-9-8-15(13-20)12-19(18)21-3/h4-9,12-14H,10-11H2,1-3H3. The first-order valence-corrected chi connectivity index (χ1v) is 7.63. The molecule has 122 valence electrons. The van der Waals surface area contributed by atoms with Crippen LogP contribution in [0.15, 0.2) is 42.5 Å². The Morgan fingerprint density at radius 2 is 1.65 bits per heavy atom. The largest absolute Gasteiger partial charge is 0.493 e. The summed E-state index contributed by atoms with van der Waals surface area (Å²) in [5.74, 6) is 2.42. The van der Waals surface area contributed by atoms with Crippen LogP contribution in [0.25, 0.3) is 0 Å². The normalized spacial score (nSPS) is 10.4. The van der Waals surface area contributed by atoms with Crippen LogP contribution in [0.4, 0.5) is 0 Å². The Morgan fingerprint density at radius 3 is 2.30 bits per heavy atom. The highest BCUT2D eigenvalue weighted by Crippen LogP contribution is 2.28. The summed E-state index contributed by atoms with van der Waals surface area (Å²) >= 11 is 0. The summed E-state index contributed by atoms with van der Waals surface area (Å²) < 4.78 is 16.7. The minimum Gasteiger partial charge on any atom is -0.493 e. The van der Waals surface area contributed by atoms with E-state index >= 15 is 0 Å². The third-order valence-corrected chi connectivity index (χ3v) is 3.46. The second kappa shape index (κ2) is 8.22. The molecule has 2 rings (SSSR count). The van der Waals surface area contributed by atoms with Crippen molar-refractivity contribution in [2.45, 2.75) is 19.8 Å². The van der Waals surface area contributed by atoms with E-state index in [2.05, 4.69) is 19.9 Å². The molecular weight excluding hydrogens is 292 g/mol. The Morgan fingerprint density at radius 1 is 0.957 bits per heavy atom. The average molecular weight is 314 g/mol. The minimum atomic E-state index is 0.392. The molecule has 0 aliphatic carbocycles. The van der Waals surface area contributed by atoms with Gasteiger partial charge in [-0.1, -0.05) is 32.0 Å². The maximum atomic E-state index is 10.8. The van der Waals surface area contributed by atoms with Gasteiger partial charge in [0, 0.05) is 5.56 Å². The molecule has 0 aliphatic heterocycles. The van der Waals surface area contributed by atoms with E-state index in [1.165, 1.54) is 5.56 Å². The number of hydrogen-bond donors (Lipinski definition) is 0. The molecule has 0 aromatic heterocycles. The van der Waals surface area contributed by atoms with Crippen molar-refractivity contribution < 1.29 is 19.0 Å². The van der Waals surface area contributed by atoms with Crippen LogP contribution in [-0.4, -0.2) is 26.6 Å². The maximum absolute atomic E-state index is 10.8. The predicted molar refractivity (Wildman–Crippen MR) is 89.9 cm³/mol. The molecule has 0 saturated carbocycles. The summed E-state index contributed by atoms with van der Waals surface area (Å²) in [6.45, 7) is 5.10. The molecule has 0 amide bonds. The summed E-state index contributed by atoms with van der Waals surface area (Å²) in [6, 6.07) is 13.1. The zero-order valence-corrected chi connectivity index (χ0v) is 13.7. The van der Waals surface area contributed by atoms with Crippen LogP contribution in [0.2, 0.25) is 0 Å². The molecule has 2 aromatic rings. The quantitative estimate of drug-likeness (QED) is 0.544. The summed E-state index contributed by atoms with van der Waals surface area (Å²) in [5.41, 5.74) is 1.73. The van der Waals surface area contributed by atoms with Crippen molar-refractivity contribution >= 4 is 6.29 Å². The van der Waals surface area contributed by atoms with Crippen molar-refractivity contribution in [2.24, 2.45) is 0 Å². The van der Waals surface area contributed by atoms with Gasteiger partial charge in [0.1, 0.15) is 25.2 Å². The third-order valence-electron chi connectivity index (χ3n) is 3.46. The van der Waals surface area contributed by atoms with Crippen molar-refractivity contribution in [1.82, 2.24) is 0 Å². The molecule has 0 aliphatic rings. The first-order chi connectivity index (χ1) is 11.2. The Labute approximate surface area is 137 Å². The van der Waals surface area contributed by atoms with Crippen LogP contribution in [0.1, 0.15) is 35.7 Å². The molecule has 0 atom stereocenters. The zero-order valence-electron chi connectivity index (χ0n) is 13.7. The second-order valence-electron chi connectivity index (χ2n) is 5.42. The van der Waals surface area contributed by atoms with E-state index in [1.807, 2.05) is 18.2 Å². The van der Waals surface area contributed by atoms with Gasteiger partial charge in [0.05, 0.1) is 7.11 Å². The predicted octanol–water partition coefficient (Wildman–Crippen LogP) is 4.09. The van der Waals surface area contributed by atoms with E-state index in [-0.39, 0.29) is 0 Å². The van der Waals surface area contributed by atoms with Gasteiger partial charge in [-0.15, -0.1) is 0 Å². The first-order valence-electron chi connectivity index (χ1n) is 7.63. The number of carbonyl (C=O) groups excluding carboxylic acids is 1. The Kier molecular flexibility index (Phi) is 6.03. The van der Waals surface area contributed by atoms with E-state index < -0.39 is 0 Å². The van der Waals surface area contributed by atoms with Gasteiger partial charge in [-0.25, -0.2) is 0 Å². The molecule has 0 heterocycles. The topological polar surface area (TPSA) is 44.8 Å². The fraction of sp³-hybridized carbons (Fsp3) is 0.316. The van der Waals surface area contributed by atoms with Crippen molar-refractivity contribution in [2.75, 3.05) is 20.3 Å². The molecule has 0 N–H and O–H groups in total. The number of hydrogen-bond acceptors (Lipinski definition) is 4. The summed E-state index contributed by atoms with van der Waals surface area (Å²) in [6.07, 6.45) is 0.776. The van der Waals surface area contributed by atoms with Gasteiger partial charge >= 0.3 is 0 Å². The highest BCUT2D eigenvalue weighted by Gasteiger charge is 2.08. The molecule has 0 unspecified atom stereocenters. The van der Waals surface area contributed by atoms with E-state index in [0.717, 1.165) is 12.0 Å². The van der Waals surface area contributed by atoms with Crippen molar-refractivity contribution in [3.63, 3.8) is 0 Å². The zero-order chi connectivity index (χ0) is 16.7. The highest BCUT2D eigenvalue weighted by molar-refractivity contribution is 5.76. The lowest BCUT2D eigenvalue weighted by Crippen LogP contribution is -2.10. The summed E-state index contributed by atoms with van der Waals surface area (Å²) in [4.78, 5) is 10.8. The maximum Gasteiger partial charge on any atom is 0.161 e. The van der Waals surface area contributed by atoms with Crippen LogP contribution >= 0.6 is 0 Å². The van der Waals surface area contributed by atoms with Gasteiger partial charge in [0.15, 0.2) is 11.5 Å². The third kappa shape index (κ3) is 4.49. The lowest BCUT2D eigenvalue weighted by atomic mass is 10.0. The molecule has 0 bridgehead atoms. The summed E-state index contributed by atoms with van der Waals surface area (Å²) in [5, 5.41) is 0. The highest BCUT2D eigenvalue weighted by atomic mass is 16.5. The van der Waals surface area contributed by atoms with Crippen LogP contribution in [0, 0.1) is 0 Å².